The molecule has 0 saturated heterocycles. The summed E-state index contributed by atoms with van der Waals surface area (Å²) in [7, 11) is 1.58. The smallest absolute Gasteiger partial charge is 0.319 e. The zero-order chi connectivity index (χ0) is 20.1. The summed E-state index contributed by atoms with van der Waals surface area (Å²) in [6, 6.07) is 13.5. The van der Waals surface area contributed by atoms with E-state index in [1.165, 1.54) is 0 Å². The summed E-state index contributed by atoms with van der Waals surface area (Å²) >= 11 is 0. The number of methoxy groups -OCH3 is 1. The van der Waals surface area contributed by atoms with Gasteiger partial charge in [0.25, 0.3) is 5.91 Å². The quantitative estimate of drug-likeness (QED) is 0.716. The first-order valence-corrected chi connectivity index (χ1v) is 8.98. The minimum Gasteiger partial charge on any atom is -0.497 e. The molecule has 3 N–H and O–H groups in total. The lowest BCUT2D eigenvalue weighted by Crippen LogP contribution is -2.45. The van der Waals surface area contributed by atoms with E-state index < -0.39 is 6.04 Å². The van der Waals surface area contributed by atoms with Crippen molar-refractivity contribution in [2.75, 3.05) is 19.0 Å². The molecule has 0 bridgehead atoms. The van der Waals surface area contributed by atoms with Gasteiger partial charge in [-0.1, -0.05) is 12.1 Å². The zero-order valence-corrected chi connectivity index (χ0v) is 16.0. The molecule has 1 heterocycles. The van der Waals surface area contributed by atoms with E-state index in [2.05, 4.69) is 16.0 Å². The van der Waals surface area contributed by atoms with Crippen LogP contribution in [0.25, 0.3) is 0 Å². The van der Waals surface area contributed by atoms with E-state index >= 15 is 0 Å². The Balaban J connectivity index is 1.85. The molecule has 7 heteroatoms. The van der Waals surface area contributed by atoms with Crippen molar-refractivity contribution in [1.82, 2.24) is 10.6 Å². The average molecular weight is 381 g/mol. The SMILES string of the molecule is CCOc1ccc(NC(=O)C2=C(C)NC(=O)N[C@H]2c2ccc(OC)cc2)cc1. The lowest BCUT2D eigenvalue weighted by atomic mass is 9.94. The summed E-state index contributed by atoms with van der Waals surface area (Å²) < 4.78 is 10.6. The molecule has 2 aromatic carbocycles. The molecule has 1 aliphatic rings. The Bertz CT molecular complexity index is 889. The minimum absolute atomic E-state index is 0.296. The fraction of sp³-hybridized carbons (Fsp3) is 0.238. The number of amides is 3. The van der Waals surface area contributed by atoms with Gasteiger partial charge in [0.2, 0.25) is 0 Å². The predicted octanol–water partition coefficient (Wildman–Crippen LogP) is 3.36. The second-order valence-corrected chi connectivity index (χ2v) is 6.25. The maximum Gasteiger partial charge on any atom is 0.319 e. The van der Waals surface area contributed by atoms with Crippen LogP contribution in [0.4, 0.5) is 10.5 Å². The third kappa shape index (κ3) is 4.25. The average Bonchev–Trinajstić information content (AvgIpc) is 2.69. The molecule has 28 heavy (non-hydrogen) atoms. The summed E-state index contributed by atoms with van der Waals surface area (Å²) in [6.07, 6.45) is 0. The molecule has 1 aliphatic heterocycles. The molecule has 0 unspecified atom stereocenters. The van der Waals surface area contributed by atoms with Crippen molar-refractivity contribution in [1.29, 1.82) is 0 Å². The van der Waals surface area contributed by atoms with Gasteiger partial charge in [0.05, 0.1) is 25.3 Å². The van der Waals surface area contributed by atoms with Crippen LogP contribution in [-0.2, 0) is 4.79 Å². The first-order chi connectivity index (χ1) is 13.5. The first-order valence-electron chi connectivity index (χ1n) is 8.98. The lowest BCUT2D eigenvalue weighted by molar-refractivity contribution is -0.113. The van der Waals surface area contributed by atoms with E-state index in [1.54, 1.807) is 50.4 Å². The van der Waals surface area contributed by atoms with Crippen LogP contribution in [0.1, 0.15) is 25.5 Å². The second-order valence-electron chi connectivity index (χ2n) is 6.25. The molecule has 0 aromatic heterocycles. The number of ether oxygens (including phenoxy) is 2. The van der Waals surface area contributed by atoms with Gasteiger partial charge in [0.1, 0.15) is 11.5 Å². The van der Waals surface area contributed by atoms with Crippen LogP contribution in [0.15, 0.2) is 59.8 Å². The van der Waals surface area contributed by atoms with E-state index in [0.717, 1.165) is 11.3 Å². The van der Waals surface area contributed by atoms with Crippen molar-refractivity contribution < 1.29 is 19.1 Å². The van der Waals surface area contributed by atoms with Crippen LogP contribution >= 0.6 is 0 Å². The largest absolute Gasteiger partial charge is 0.497 e. The van der Waals surface area contributed by atoms with Gasteiger partial charge in [0, 0.05) is 11.4 Å². The Morgan fingerprint density at radius 1 is 1.07 bits per heavy atom. The number of anilines is 1. The highest BCUT2D eigenvalue weighted by atomic mass is 16.5. The van der Waals surface area contributed by atoms with Crippen molar-refractivity contribution in [2.45, 2.75) is 19.9 Å². The molecule has 0 spiro atoms. The molecule has 146 valence electrons. The van der Waals surface area contributed by atoms with Crippen LogP contribution < -0.4 is 25.4 Å². The molecule has 3 rings (SSSR count). The number of carbonyl (C=O) groups excluding carboxylic acids is 2. The fourth-order valence-electron chi connectivity index (χ4n) is 3.04. The zero-order valence-electron chi connectivity index (χ0n) is 16.0. The number of hydrogen-bond donors (Lipinski definition) is 3. The van der Waals surface area contributed by atoms with Crippen LogP contribution in [-0.4, -0.2) is 25.7 Å². The van der Waals surface area contributed by atoms with Gasteiger partial charge in [-0.25, -0.2) is 4.79 Å². The van der Waals surface area contributed by atoms with Crippen molar-refractivity contribution in [2.24, 2.45) is 0 Å². The van der Waals surface area contributed by atoms with Gasteiger partial charge in [-0.3, -0.25) is 4.79 Å². The lowest BCUT2D eigenvalue weighted by Gasteiger charge is -2.28. The van der Waals surface area contributed by atoms with Gasteiger partial charge >= 0.3 is 6.03 Å². The molecule has 2 aromatic rings. The second kappa shape index (κ2) is 8.47. The van der Waals surface area contributed by atoms with Crippen LogP contribution in [0.2, 0.25) is 0 Å². The third-order valence-electron chi connectivity index (χ3n) is 4.39. The molecule has 7 nitrogen and oxygen atoms in total. The maximum absolute atomic E-state index is 13.0. The standard InChI is InChI=1S/C21H23N3O4/c1-4-28-17-11-7-15(8-12-17)23-20(25)18-13(2)22-21(26)24-19(18)14-5-9-16(27-3)10-6-14/h5-12,19H,4H2,1-3H3,(H,23,25)(H2,22,24,26)/t19-/m0/s1. The van der Waals surface area contributed by atoms with Crippen molar-refractivity contribution >= 4 is 17.6 Å². The number of urea groups is 1. The van der Waals surface area contributed by atoms with E-state index in [4.69, 9.17) is 9.47 Å². The van der Waals surface area contributed by atoms with Crippen molar-refractivity contribution in [3.63, 3.8) is 0 Å². The fourth-order valence-corrected chi connectivity index (χ4v) is 3.04. The van der Waals surface area contributed by atoms with E-state index in [9.17, 15) is 9.59 Å². The topological polar surface area (TPSA) is 88.7 Å². The normalized spacial score (nSPS) is 16.1. The molecule has 0 saturated carbocycles. The van der Waals surface area contributed by atoms with E-state index in [0.29, 0.717) is 29.3 Å². The monoisotopic (exact) mass is 381 g/mol. The van der Waals surface area contributed by atoms with Gasteiger partial charge in [-0.2, -0.15) is 0 Å². The molecule has 3 amide bonds. The minimum atomic E-state index is -0.567. The van der Waals surface area contributed by atoms with Crippen molar-refractivity contribution in [3.05, 3.63) is 65.4 Å². The van der Waals surface area contributed by atoms with Gasteiger partial charge in [-0.15, -0.1) is 0 Å². The number of carbonyl (C=O) groups is 2. The predicted molar refractivity (Wildman–Crippen MR) is 106 cm³/mol. The number of hydrogen-bond acceptors (Lipinski definition) is 4. The summed E-state index contributed by atoms with van der Waals surface area (Å²) in [4.78, 5) is 25.0. The molecule has 0 radical (unpaired) electrons. The highest BCUT2D eigenvalue weighted by molar-refractivity contribution is 6.06. The van der Waals surface area contributed by atoms with Gasteiger partial charge < -0.3 is 25.4 Å². The molecular weight excluding hydrogens is 358 g/mol. The summed E-state index contributed by atoms with van der Waals surface area (Å²) in [5, 5.41) is 8.36. The number of allylic oxidation sites excluding steroid dienone is 1. The Morgan fingerprint density at radius 2 is 1.71 bits per heavy atom. The van der Waals surface area contributed by atoms with E-state index in [-0.39, 0.29) is 11.9 Å². The highest BCUT2D eigenvalue weighted by Gasteiger charge is 2.31. The van der Waals surface area contributed by atoms with Gasteiger partial charge in [-0.05, 0) is 55.8 Å². The van der Waals surface area contributed by atoms with E-state index in [1.807, 2.05) is 19.1 Å². The van der Waals surface area contributed by atoms with Gasteiger partial charge in [0.15, 0.2) is 0 Å². The Kier molecular flexibility index (Phi) is 5.84. The number of benzene rings is 2. The molecular formula is C21H23N3O4. The first kappa shape index (κ1) is 19.3. The number of rotatable bonds is 6. The van der Waals surface area contributed by atoms with Crippen molar-refractivity contribution in [3.8, 4) is 11.5 Å². The molecule has 1 atom stereocenters. The Labute approximate surface area is 163 Å². The highest BCUT2D eigenvalue weighted by Crippen LogP contribution is 2.29. The summed E-state index contributed by atoms with van der Waals surface area (Å²) in [6.45, 7) is 4.20. The molecule has 0 fully saturated rings. The summed E-state index contributed by atoms with van der Waals surface area (Å²) in [5.41, 5.74) is 2.37. The number of nitrogens with one attached hydrogen (secondary N) is 3. The third-order valence-corrected chi connectivity index (χ3v) is 4.39. The Morgan fingerprint density at radius 3 is 2.32 bits per heavy atom. The van der Waals surface area contributed by atoms with Crippen LogP contribution in [0.5, 0.6) is 11.5 Å². The maximum atomic E-state index is 13.0. The van der Waals surface area contributed by atoms with Crippen LogP contribution in [0.3, 0.4) is 0 Å². The Hall–Kier alpha value is -3.48. The summed E-state index contributed by atoms with van der Waals surface area (Å²) in [5.74, 6) is 1.14. The molecule has 0 aliphatic carbocycles. The van der Waals surface area contributed by atoms with Crippen LogP contribution in [0, 0.1) is 0 Å².